The van der Waals surface area contributed by atoms with Crippen LogP contribution in [0.3, 0.4) is 0 Å². The van der Waals surface area contributed by atoms with Crippen molar-refractivity contribution in [2.45, 2.75) is 44.7 Å². The molecule has 2 aliphatic rings. The molecule has 1 saturated heterocycles. The standard InChI is InChI=1S/C17H26N2/c1-2-6-15-12-17(15)19-10-9-18-16(13-19)11-14-7-4-3-5-8-14/h3-5,7-8,15-18H,2,6,9-13H2,1H3. The van der Waals surface area contributed by atoms with Crippen molar-refractivity contribution in [2.75, 3.05) is 19.6 Å². The third-order valence-corrected chi connectivity index (χ3v) is 4.63. The topological polar surface area (TPSA) is 15.3 Å². The van der Waals surface area contributed by atoms with E-state index in [1.807, 2.05) is 0 Å². The van der Waals surface area contributed by atoms with Gasteiger partial charge in [0.25, 0.3) is 0 Å². The Morgan fingerprint density at radius 2 is 2.11 bits per heavy atom. The minimum absolute atomic E-state index is 0.638. The molecular formula is C17H26N2. The molecule has 1 aromatic carbocycles. The first kappa shape index (κ1) is 13.1. The van der Waals surface area contributed by atoms with E-state index in [0.29, 0.717) is 6.04 Å². The summed E-state index contributed by atoms with van der Waals surface area (Å²) in [6.07, 6.45) is 5.40. The van der Waals surface area contributed by atoms with Gasteiger partial charge in [0.15, 0.2) is 0 Å². The van der Waals surface area contributed by atoms with E-state index in [9.17, 15) is 0 Å². The van der Waals surface area contributed by atoms with E-state index in [-0.39, 0.29) is 0 Å². The molecule has 1 N–H and O–H groups in total. The fourth-order valence-corrected chi connectivity index (χ4v) is 3.55. The molecule has 2 heteroatoms. The minimum atomic E-state index is 0.638. The summed E-state index contributed by atoms with van der Waals surface area (Å²) in [5, 5.41) is 3.69. The molecule has 2 nitrogen and oxygen atoms in total. The Bertz CT molecular complexity index is 390. The highest BCUT2D eigenvalue weighted by molar-refractivity contribution is 5.16. The first-order chi connectivity index (χ1) is 9.36. The normalized spacial score (nSPS) is 31.3. The third kappa shape index (κ3) is 3.37. The predicted molar refractivity (Wildman–Crippen MR) is 80.3 cm³/mol. The molecular weight excluding hydrogens is 232 g/mol. The molecule has 19 heavy (non-hydrogen) atoms. The highest BCUT2D eigenvalue weighted by Gasteiger charge is 2.41. The van der Waals surface area contributed by atoms with Crippen LogP contribution in [0, 0.1) is 5.92 Å². The van der Waals surface area contributed by atoms with E-state index < -0.39 is 0 Å². The average Bonchev–Trinajstić information content (AvgIpc) is 3.20. The van der Waals surface area contributed by atoms with Gasteiger partial charge in [0.2, 0.25) is 0 Å². The molecule has 0 radical (unpaired) electrons. The summed E-state index contributed by atoms with van der Waals surface area (Å²) < 4.78 is 0. The minimum Gasteiger partial charge on any atom is -0.311 e. The van der Waals surface area contributed by atoms with Gasteiger partial charge < -0.3 is 5.32 Å². The van der Waals surface area contributed by atoms with Crippen LogP contribution in [0.5, 0.6) is 0 Å². The number of rotatable bonds is 5. The second-order valence-corrected chi connectivity index (χ2v) is 6.19. The van der Waals surface area contributed by atoms with Gasteiger partial charge in [-0.05, 0) is 30.7 Å². The quantitative estimate of drug-likeness (QED) is 0.873. The van der Waals surface area contributed by atoms with Crippen molar-refractivity contribution in [1.29, 1.82) is 0 Å². The Labute approximate surface area is 117 Å². The number of piperazine rings is 1. The van der Waals surface area contributed by atoms with E-state index >= 15 is 0 Å². The van der Waals surface area contributed by atoms with Crippen molar-refractivity contribution >= 4 is 0 Å². The number of benzene rings is 1. The molecule has 0 spiro atoms. The van der Waals surface area contributed by atoms with Gasteiger partial charge >= 0.3 is 0 Å². The van der Waals surface area contributed by atoms with Gasteiger partial charge in [-0.3, -0.25) is 4.90 Å². The van der Waals surface area contributed by atoms with E-state index in [0.717, 1.165) is 18.5 Å². The summed E-state index contributed by atoms with van der Waals surface area (Å²) >= 11 is 0. The van der Waals surface area contributed by atoms with Crippen LogP contribution in [0.25, 0.3) is 0 Å². The smallest absolute Gasteiger partial charge is 0.0236 e. The van der Waals surface area contributed by atoms with Crippen molar-refractivity contribution in [1.82, 2.24) is 10.2 Å². The van der Waals surface area contributed by atoms with Crippen LogP contribution in [-0.2, 0) is 6.42 Å². The maximum absolute atomic E-state index is 3.69. The van der Waals surface area contributed by atoms with Gasteiger partial charge in [-0.25, -0.2) is 0 Å². The fraction of sp³-hybridized carbons (Fsp3) is 0.647. The lowest BCUT2D eigenvalue weighted by Crippen LogP contribution is -2.52. The monoisotopic (exact) mass is 258 g/mol. The number of nitrogens with one attached hydrogen (secondary N) is 1. The summed E-state index contributed by atoms with van der Waals surface area (Å²) in [7, 11) is 0. The first-order valence-corrected chi connectivity index (χ1v) is 7.88. The van der Waals surface area contributed by atoms with Crippen LogP contribution in [0.2, 0.25) is 0 Å². The van der Waals surface area contributed by atoms with Crippen molar-refractivity contribution < 1.29 is 0 Å². The molecule has 3 unspecified atom stereocenters. The van der Waals surface area contributed by atoms with Crippen LogP contribution in [0.15, 0.2) is 30.3 Å². The zero-order valence-corrected chi connectivity index (χ0v) is 12.0. The summed E-state index contributed by atoms with van der Waals surface area (Å²) in [4.78, 5) is 2.74. The Hall–Kier alpha value is -0.860. The van der Waals surface area contributed by atoms with E-state index in [2.05, 4.69) is 47.5 Å². The van der Waals surface area contributed by atoms with Crippen LogP contribution < -0.4 is 5.32 Å². The maximum atomic E-state index is 3.69. The highest BCUT2D eigenvalue weighted by atomic mass is 15.2. The van der Waals surface area contributed by atoms with Crippen LogP contribution in [-0.4, -0.2) is 36.6 Å². The van der Waals surface area contributed by atoms with E-state index in [4.69, 9.17) is 0 Å². The fourth-order valence-electron chi connectivity index (χ4n) is 3.55. The molecule has 1 saturated carbocycles. The van der Waals surface area contributed by atoms with Gasteiger partial charge in [0, 0.05) is 31.7 Å². The maximum Gasteiger partial charge on any atom is 0.0236 e. The molecule has 3 atom stereocenters. The first-order valence-electron chi connectivity index (χ1n) is 7.88. The lowest BCUT2D eigenvalue weighted by Gasteiger charge is -2.34. The van der Waals surface area contributed by atoms with E-state index in [1.54, 1.807) is 0 Å². The van der Waals surface area contributed by atoms with Crippen molar-refractivity contribution in [3.05, 3.63) is 35.9 Å². The molecule has 3 rings (SSSR count). The molecule has 0 amide bonds. The van der Waals surface area contributed by atoms with Crippen molar-refractivity contribution in [3.63, 3.8) is 0 Å². The van der Waals surface area contributed by atoms with Gasteiger partial charge in [0.1, 0.15) is 0 Å². The number of hydrogen-bond donors (Lipinski definition) is 1. The number of hydrogen-bond acceptors (Lipinski definition) is 2. The van der Waals surface area contributed by atoms with Crippen molar-refractivity contribution in [2.24, 2.45) is 5.92 Å². The van der Waals surface area contributed by atoms with Crippen LogP contribution in [0.1, 0.15) is 31.7 Å². The average molecular weight is 258 g/mol. The second-order valence-electron chi connectivity index (χ2n) is 6.19. The Morgan fingerprint density at radius 3 is 2.89 bits per heavy atom. The molecule has 0 bridgehead atoms. The van der Waals surface area contributed by atoms with Crippen molar-refractivity contribution in [3.8, 4) is 0 Å². The summed E-state index contributed by atoms with van der Waals surface area (Å²) in [6, 6.07) is 12.4. The molecule has 104 valence electrons. The van der Waals surface area contributed by atoms with Gasteiger partial charge in [-0.15, -0.1) is 0 Å². The van der Waals surface area contributed by atoms with E-state index in [1.165, 1.54) is 44.3 Å². The molecule has 2 fully saturated rings. The molecule has 1 aromatic rings. The molecule has 1 aliphatic heterocycles. The largest absolute Gasteiger partial charge is 0.311 e. The second kappa shape index (κ2) is 6.06. The zero-order valence-electron chi connectivity index (χ0n) is 12.0. The Morgan fingerprint density at radius 1 is 1.26 bits per heavy atom. The lowest BCUT2D eigenvalue weighted by atomic mass is 10.0. The summed E-state index contributed by atoms with van der Waals surface area (Å²) in [5.41, 5.74) is 1.46. The van der Waals surface area contributed by atoms with Gasteiger partial charge in [-0.1, -0.05) is 43.7 Å². The lowest BCUT2D eigenvalue weighted by molar-refractivity contribution is 0.182. The van der Waals surface area contributed by atoms with Gasteiger partial charge in [-0.2, -0.15) is 0 Å². The van der Waals surface area contributed by atoms with Crippen LogP contribution >= 0.6 is 0 Å². The predicted octanol–water partition coefficient (Wildman–Crippen LogP) is 2.69. The van der Waals surface area contributed by atoms with Crippen LogP contribution in [0.4, 0.5) is 0 Å². The molecule has 1 heterocycles. The Kier molecular flexibility index (Phi) is 4.19. The summed E-state index contributed by atoms with van der Waals surface area (Å²) in [5.74, 6) is 1.00. The molecule has 0 aromatic heterocycles. The highest BCUT2D eigenvalue weighted by Crippen LogP contribution is 2.39. The SMILES string of the molecule is CCCC1CC1N1CCNC(Cc2ccccc2)C1. The summed E-state index contributed by atoms with van der Waals surface area (Å²) in [6.45, 7) is 5.95. The zero-order chi connectivity index (χ0) is 13.1. The third-order valence-electron chi connectivity index (χ3n) is 4.63. The van der Waals surface area contributed by atoms with Gasteiger partial charge in [0.05, 0.1) is 0 Å². The molecule has 1 aliphatic carbocycles. The number of nitrogens with zero attached hydrogens (tertiary/aromatic N) is 1. The Balaban J connectivity index is 1.51.